The zero-order valence-corrected chi connectivity index (χ0v) is 12.2. The molecule has 100 valence electrons. The highest BCUT2D eigenvalue weighted by Gasteiger charge is 2.09. The number of benzene rings is 1. The van der Waals surface area contributed by atoms with Crippen LogP contribution < -0.4 is 14.9 Å². The van der Waals surface area contributed by atoms with Gasteiger partial charge < -0.3 is 9.47 Å². The first-order chi connectivity index (χ1) is 9.08. The van der Waals surface area contributed by atoms with Crippen molar-refractivity contribution in [3.8, 4) is 23.8 Å². The summed E-state index contributed by atoms with van der Waals surface area (Å²) in [5, 5.41) is 3.79. The number of hydrazone groups is 1. The third-order valence-electron chi connectivity index (χ3n) is 2.02. The number of nitrogens with one attached hydrogen (secondary N) is 1. The molecule has 1 rings (SSSR count). The van der Waals surface area contributed by atoms with E-state index in [-0.39, 0.29) is 12.5 Å². The second-order valence-electron chi connectivity index (χ2n) is 3.44. The SMILES string of the molecule is C#CCOc1cc(Br)c(/C=N\NC(C)=O)cc1OC. The van der Waals surface area contributed by atoms with Crippen molar-refractivity contribution < 1.29 is 14.3 Å². The van der Waals surface area contributed by atoms with E-state index in [1.54, 1.807) is 12.1 Å². The molecule has 0 atom stereocenters. The van der Waals surface area contributed by atoms with Crippen molar-refractivity contribution in [1.29, 1.82) is 0 Å². The van der Waals surface area contributed by atoms with Crippen LogP contribution in [0.15, 0.2) is 21.7 Å². The lowest BCUT2D eigenvalue weighted by Crippen LogP contribution is -2.12. The van der Waals surface area contributed by atoms with Crippen LogP contribution >= 0.6 is 15.9 Å². The summed E-state index contributed by atoms with van der Waals surface area (Å²) in [4.78, 5) is 10.7. The smallest absolute Gasteiger partial charge is 0.236 e. The Morgan fingerprint density at radius 2 is 2.32 bits per heavy atom. The molecule has 0 heterocycles. The number of hydrogen-bond donors (Lipinski definition) is 1. The van der Waals surface area contributed by atoms with E-state index in [0.717, 1.165) is 10.0 Å². The molecule has 0 fully saturated rings. The van der Waals surface area contributed by atoms with Crippen LogP contribution in [0.3, 0.4) is 0 Å². The summed E-state index contributed by atoms with van der Waals surface area (Å²) in [7, 11) is 1.53. The van der Waals surface area contributed by atoms with Crippen LogP contribution in [0, 0.1) is 12.3 Å². The number of carbonyl (C=O) groups is 1. The van der Waals surface area contributed by atoms with E-state index in [0.29, 0.717) is 11.5 Å². The van der Waals surface area contributed by atoms with Gasteiger partial charge in [0.25, 0.3) is 0 Å². The van der Waals surface area contributed by atoms with E-state index in [1.165, 1.54) is 20.2 Å². The number of amides is 1. The number of rotatable bonds is 5. The predicted octanol–water partition coefficient (Wildman–Crippen LogP) is 1.94. The van der Waals surface area contributed by atoms with Crippen molar-refractivity contribution in [2.24, 2.45) is 5.10 Å². The fourth-order valence-electron chi connectivity index (χ4n) is 1.23. The molecule has 0 aliphatic rings. The largest absolute Gasteiger partial charge is 0.493 e. The Labute approximate surface area is 120 Å². The highest BCUT2D eigenvalue weighted by atomic mass is 79.9. The maximum Gasteiger partial charge on any atom is 0.236 e. The third-order valence-corrected chi connectivity index (χ3v) is 2.71. The van der Waals surface area contributed by atoms with Crippen LogP contribution in [-0.2, 0) is 4.79 Å². The van der Waals surface area contributed by atoms with Gasteiger partial charge in [-0.3, -0.25) is 4.79 Å². The Morgan fingerprint density at radius 1 is 1.58 bits per heavy atom. The summed E-state index contributed by atoms with van der Waals surface area (Å²) in [6.45, 7) is 1.53. The van der Waals surface area contributed by atoms with Crippen molar-refractivity contribution in [1.82, 2.24) is 5.43 Å². The van der Waals surface area contributed by atoms with Crippen molar-refractivity contribution in [2.75, 3.05) is 13.7 Å². The van der Waals surface area contributed by atoms with E-state index in [9.17, 15) is 4.79 Å². The zero-order chi connectivity index (χ0) is 14.3. The molecule has 5 nitrogen and oxygen atoms in total. The minimum atomic E-state index is -0.242. The minimum Gasteiger partial charge on any atom is -0.493 e. The number of carbonyl (C=O) groups excluding carboxylic acids is 1. The fraction of sp³-hybridized carbons (Fsp3) is 0.231. The van der Waals surface area contributed by atoms with Crippen LogP contribution in [-0.4, -0.2) is 25.8 Å². The Hall–Kier alpha value is -2.00. The molecule has 0 bridgehead atoms. The van der Waals surface area contributed by atoms with Gasteiger partial charge in [0.15, 0.2) is 11.5 Å². The van der Waals surface area contributed by atoms with Crippen molar-refractivity contribution in [3.05, 3.63) is 22.2 Å². The summed E-state index contributed by atoms with van der Waals surface area (Å²) in [6, 6.07) is 3.45. The molecule has 0 saturated carbocycles. The number of methoxy groups -OCH3 is 1. The second-order valence-corrected chi connectivity index (χ2v) is 4.30. The van der Waals surface area contributed by atoms with E-state index in [4.69, 9.17) is 15.9 Å². The quantitative estimate of drug-likeness (QED) is 0.511. The number of hydrogen-bond acceptors (Lipinski definition) is 4. The van der Waals surface area contributed by atoms with Gasteiger partial charge in [0, 0.05) is 17.0 Å². The summed E-state index contributed by atoms with van der Waals surface area (Å²) < 4.78 is 11.3. The van der Waals surface area contributed by atoms with Gasteiger partial charge in [-0.1, -0.05) is 5.92 Å². The third kappa shape index (κ3) is 4.64. The predicted molar refractivity (Wildman–Crippen MR) is 76.4 cm³/mol. The van der Waals surface area contributed by atoms with Crippen LogP contribution in [0.25, 0.3) is 0 Å². The van der Waals surface area contributed by atoms with Crippen LogP contribution in [0.2, 0.25) is 0 Å². The monoisotopic (exact) mass is 324 g/mol. The van der Waals surface area contributed by atoms with Gasteiger partial charge in [0.05, 0.1) is 13.3 Å². The van der Waals surface area contributed by atoms with Gasteiger partial charge in [0.2, 0.25) is 5.91 Å². The molecule has 1 amide bonds. The molecule has 0 unspecified atom stereocenters. The first-order valence-corrected chi connectivity index (χ1v) is 6.11. The summed E-state index contributed by atoms with van der Waals surface area (Å²) in [5.41, 5.74) is 3.05. The fourth-order valence-corrected chi connectivity index (χ4v) is 1.66. The molecule has 0 radical (unpaired) electrons. The molecule has 1 aromatic rings. The maximum atomic E-state index is 10.7. The van der Waals surface area contributed by atoms with Gasteiger partial charge in [0.1, 0.15) is 6.61 Å². The van der Waals surface area contributed by atoms with Gasteiger partial charge in [-0.2, -0.15) is 5.10 Å². The number of nitrogens with zero attached hydrogens (tertiary/aromatic N) is 1. The maximum absolute atomic E-state index is 10.7. The van der Waals surface area contributed by atoms with Gasteiger partial charge in [-0.05, 0) is 28.1 Å². The average Bonchev–Trinajstić information content (AvgIpc) is 2.38. The van der Waals surface area contributed by atoms with E-state index < -0.39 is 0 Å². The minimum absolute atomic E-state index is 0.155. The lowest BCUT2D eigenvalue weighted by molar-refractivity contribution is -0.118. The number of ether oxygens (including phenoxy) is 2. The number of terminal acetylenes is 1. The number of halogens is 1. The highest BCUT2D eigenvalue weighted by molar-refractivity contribution is 9.10. The summed E-state index contributed by atoms with van der Waals surface area (Å²) in [5.74, 6) is 3.20. The molecular formula is C13H13BrN2O3. The molecule has 0 saturated heterocycles. The molecule has 1 aromatic carbocycles. The Bertz CT molecular complexity index is 535. The van der Waals surface area contributed by atoms with Crippen molar-refractivity contribution >= 4 is 28.1 Å². The van der Waals surface area contributed by atoms with Gasteiger partial charge >= 0.3 is 0 Å². The first kappa shape index (κ1) is 15.1. The van der Waals surface area contributed by atoms with Crippen LogP contribution in [0.4, 0.5) is 0 Å². The lowest BCUT2D eigenvalue weighted by atomic mass is 10.2. The highest BCUT2D eigenvalue weighted by Crippen LogP contribution is 2.32. The Morgan fingerprint density at radius 3 is 2.89 bits per heavy atom. The average molecular weight is 325 g/mol. The lowest BCUT2D eigenvalue weighted by Gasteiger charge is -2.10. The van der Waals surface area contributed by atoms with E-state index in [2.05, 4.69) is 32.4 Å². The van der Waals surface area contributed by atoms with Gasteiger partial charge in [-0.25, -0.2) is 5.43 Å². The molecule has 19 heavy (non-hydrogen) atoms. The first-order valence-electron chi connectivity index (χ1n) is 5.32. The standard InChI is InChI=1S/C13H13BrN2O3/c1-4-5-19-13-7-11(14)10(6-12(13)18-3)8-15-16-9(2)17/h1,6-8H,5H2,2-3H3,(H,16,17)/b15-8-. The van der Waals surface area contributed by atoms with Crippen molar-refractivity contribution in [2.45, 2.75) is 6.92 Å². The van der Waals surface area contributed by atoms with Crippen molar-refractivity contribution in [3.63, 3.8) is 0 Å². The Balaban J connectivity index is 2.99. The van der Waals surface area contributed by atoms with Crippen LogP contribution in [0.5, 0.6) is 11.5 Å². The molecule has 0 aromatic heterocycles. The molecular weight excluding hydrogens is 312 g/mol. The van der Waals surface area contributed by atoms with Crippen LogP contribution in [0.1, 0.15) is 12.5 Å². The molecule has 0 spiro atoms. The molecule has 0 aliphatic carbocycles. The summed E-state index contributed by atoms with van der Waals surface area (Å²) >= 11 is 3.38. The Kier molecular flexibility index (Phi) is 5.90. The molecule has 0 aliphatic heterocycles. The zero-order valence-electron chi connectivity index (χ0n) is 10.6. The topological polar surface area (TPSA) is 59.9 Å². The van der Waals surface area contributed by atoms with E-state index >= 15 is 0 Å². The normalized spacial score (nSPS) is 10.0. The summed E-state index contributed by atoms with van der Waals surface area (Å²) in [6.07, 6.45) is 6.64. The molecule has 6 heteroatoms. The second kappa shape index (κ2) is 7.44. The van der Waals surface area contributed by atoms with E-state index in [1.807, 2.05) is 0 Å². The van der Waals surface area contributed by atoms with Gasteiger partial charge in [-0.15, -0.1) is 6.42 Å². The molecule has 1 N–H and O–H groups in total.